The maximum atomic E-state index is 13.3. The average molecular weight is 406 g/mol. The van der Waals surface area contributed by atoms with E-state index in [9.17, 15) is 4.79 Å². The van der Waals surface area contributed by atoms with Crippen molar-refractivity contribution in [2.45, 2.75) is 51.6 Å². The summed E-state index contributed by atoms with van der Waals surface area (Å²) >= 11 is 0. The summed E-state index contributed by atoms with van der Waals surface area (Å²) < 4.78 is 7.56. The van der Waals surface area contributed by atoms with Gasteiger partial charge in [-0.2, -0.15) is 5.10 Å². The SMILES string of the molecule is Cc1nnc([C@]23C[C@H](C)C[C@H](C2)N3C(=O)Nc2ccc(C)c(-c3ccn(C)n3)c2)o1. The highest BCUT2D eigenvalue weighted by molar-refractivity contribution is 5.92. The van der Waals surface area contributed by atoms with E-state index < -0.39 is 5.54 Å². The zero-order chi connectivity index (χ0) is 21.0. The minimum Gasteiger partial charge on any atom is -0.423 e. The summed E-state index contributed by atoms with van der Waals surface area (Å²) in [6, 6.07) is 7.97. The van der Waals surface area contributed by atoms with Crippen LogP contribution in [0.4, 0.5) is 10.5 Å². The fourth-order valence-electron chi connectivity index (χ4n) is 5.15. The standard InChI is InChI=1S/C22H26N6O2/c1-13-9-17-12-22(11-13,20-25-24-15(3)30-20)28(17)21(29)23-16-6-5-14(2)18(10-16)19-7-8-27(4)26-19/h5-8,10,13,17H,9,11-12H2,1-4H3,(H,23,29)/t13-,17-,22+/m1/s1. The predicted molar refractivity (Wildman–Crippen MR) is 112 cm³/mol. The van der Waals surface area contributed by atoms with E-state index in [0.717, 1.165) is 41.8 Å². The number of likely N-dealkylation sites (tertiary alicyclic amines) is 1. The van der Waals surface area contributed by atoms with E-state index in [1.807, 2.05) is 49.3 Å². The number of fused-ring (bicyclic) bond motifs is 2. The Labute approximate surface area is 175 Å². The lowest BCUT2D eigenvalue weighted by Gasteiger charge is -2.61. The lowest BCUT2D eigenvalue weighted by molar-refractivity contribution is -0.110. The minimum absolute atomic E-state index is 0.121. The number of urea groups is 1. The Kier molecular flexibility index (Phi) is 4.20. The van der Waals surface area contributed by atoms with Crippen molar-refractivity contribution in [3.05, 3.63) is 47.8 Å². The van der Waals surface area contributed by atoms with Crippen LogP contribution in [0.3, 0.4) is 0 Å². The van der Waals surface area contributed by atoms with Crippen LogP contribution in [0.2, 0.25) is 0 Å². The van der Waals surface area contributed by atoms with E-state index in [2.05, 4.69) is 27.5 Å². The molecule has 156 valence electrons. The number of carbonyl (C=O) groups excluding carboxylic acids is 1. The molecule has 1 aliphatic heterocycles. The van der Waals surface area contributed by atoms with Crippen molar-refractivity contribution in [2.24, 2.45) is 13.0 Å². The van der Waals surface area contributed by atoms with Gasteiger partial charge in [0, 0.05) is 43.9 Å². The number of amides is 2. The van der Waals surface area contributed by atoms with Gasteiger partial charge >= 0.3 is 6.03 Å². The normalized spacial score (nSPS) is 25.1. The van der Waals surface area contributed by atoms with Gasteiger partial charge in [0.15, 0.2) is 0 Å². The van der Waals surface area contributed by atoms with Gasteiger partial charge in [0.2, 0.25) is 11.8 Å². The fourth-order valence-corrected chi connectivity index (χ4v) is 5.15. The van der Waals surface area contributed by atoms with E-state index in [0.29, 0.717) is 17.7 Å². The zero-order valence-electron chi connectivity index (χ0n) is 17.7. The van der Waals surface area contributed by atoms with Gasteiger partial charge in [-0.05, 0) is 49.4 Å². The van der Waals surface area contributed by atoms with E-state index in [4.69, 9.17) is 4.42 Å². The molecule has 0 unspecified atom stereocenters. The molecule has 8 heteroatoms. The number of hydrogen-bond acceptors (Lipinski definition) is 5. The molecule has 2 aromatic heterocycles. The lowest BCUT2D eigenvalue weighted by Crippen LogP contribution is -2.70. The average Bonchev–Trinajstić information content (AvgIpc) is 3.31. The van der Waals surface area contributed by atoms with Gasteiger partial charge in [-0.3, -0.25) is 4.68 Å². The Morgan fingerprint density at radius 1 is 1.23 bits per heavy atom. The van der Waals surface area contributed by atoms with Gasteiger partial charge in [0.25, 0.3) is 0 Å². The second-order valence-electron chi connectivity index (χ2n) is 8.77. The summed E-state index contributed by atoms with van der Waals surface area (Å²) in [4.78, 5) is 15.3. The number of rotatable bonds is 3. The molecule has 0 radical (unpaired) electrons. The van der Waals surface area contributed by atoms with Gasteiger partial charge in [-0.25, -0.2) is 4.79 Å². The Balaban J connectivity index is 1.43. The maximum absolute atomic E-state index is 13.3. The molecule has 2 fully saturated rings. The number of carbonyl (C=O) groups is 1. The van der Waals surface area contributed by atoms with E-state index in [1.54, 1.807) is 11.6 Å². The van der Waals surface area contributed by atoms with E-state index in [-0.39, 0.29) is 12.1 Å². The summed E-state index contributed by atoms with van der Waals surface area (Å²) in [5.41, 5.74) is 3.26. The van der Waals surface area contributed by atoms with Crippen molar-refractivity contribution in [2.75, 3.05) is 5.32 Å². The summed E-state index contributed by atoms with van der Waals surface area (Å²) in [5.74, 6) is 1.59. The van der Waals surface area contributed by atoms with Crippen LogP contribution >= 0.6 is 0 Å². The molecular weight excluding hydrogens is 380 g/mol. The number of nitrogens with zero attached hydrogens (tertiary/aromatic N) is 5. The smallest absolute Gasteiger partial charge is 0.323 e. The molecule has 3 aromatic rings. The molecule has 1 saturated heterocycles. The van der Waals surface area contributed by atoms with Crippen LogP contribution in [-0.4, -0.2) is 37.0 Å². The van der Waals surface area contributed by atoms with Crippen molar-refractivity contribution in [3.8, 4) is 11.3 Å². The van der Waals surface area contributed by atoms with Gasteiger partial charge in [0.05, 0.1) is 5.69 Å². The molecule has 1 aromatic carbocycles. The van der Waals surface area contributed by atoms with Crippen molar-refractivity contribution in [1.29, 1.82) is 0 Å². The van der Waals surface area contributed by atoms with Crippen LogP contribution in [0.25, 0.3) is 11.3 Å². The van der Waals surface area contributed by atoms with Crippen LogP contribution in [0.5, 0.6) is 0 Å². The van der Waals surface area contributed by atoms with Gasteiger partial charge in [0.1, 0.15) is 5.54 Å². The first-order chi connectivity index (χ1) is 14.4. The molecular formula is C22H26N6O2. The number of aromatic nitrogens is 4. The molecule has 8 nitrogen and oxygen atoms in total. The Morgan fingerprint density at radius 3 is 2.77 bits per heavy atom. The van der Waals surface area contributed by atoms with Gasteiger partial charge in [-0.1, -0.05) is 13.0 Å². The largest absolute Gasteiger partial charge is 0.423 e. The van der Waals surface area contributed by atoms with Crippen LogP contribution in [0, 0.1) is 19.8 Å². The minimum atomic E-state index is -0.498. The Bertz CT molecular complexity index is 1120. The zero-order valence-corrected chi connectivity index (χ0v) is 17.7. The summed E-state index contributed by atoms with van der Waals surface area (Å²) in [6.07, 6.45) is 4.62. The molecule has 1 aliphatic carbocycles. The predicted octanol–water partition coefficient (Wildman–Crippen LogP) is 4.02. The first-order valence-electron chi connectivity index (χ1n) is 10.4. The molecule has 3 heterocycles. The fraction of sp³-hybridized carbons (Fsp3) is 0.455. The second kappa shape index (κ2) is 6.68. The monoisotopic (exact) mass is 406 g/mol. The van der Waals surface area contributed by atoms with Crippen molar-refractivity contribution in [3.63, 3.8) is 0 Å². The number of benzene rings is 1. The van der Waals surface area contributed by atoms with E-state index >= 15 is 0 Å². The molecule has 1 saturated carbocycles. The number of aryl methyl sites for hydroxylation is 3. The van der Waals surface area contributed by atoms with Crippen LogP contribution in [0.15, 0.2) is 34.9 Å². The summed E-state index contributed by atoms with van der Waals surface area (Å²) in [6.45, 7) is 6.05. The molecule has 0 spiro atoms. The highest BCUT2D eigenvalue weighted by Crippen LogP contribution is 2.55. The number of hydrogen-bond donors (Lipinski definition) is 1. The molecule has 1 N–H and O–H groups in total. The summed E-state index contributed by atoms with van der Waals surface area (Å²) in [5, 5.41) is 15.9. The summed E-state index contributed by atoms with van der Waals surface area (Å²) in [7, 11) is 1.90. The second-order valence-corrected chi connectivity index (χ2v) is 8.77. The van der Waals surface area contributed by atoms with Crippen molar-refractivity contribution in [1.82, 2.24) is 24.9 Å². The van der Waals surface area contributed by atoms with E-state index in [1.165, 1.54) is 0 Å². The van der Waals surface area contributed by atoms with Crippen molar-refractivity contribution >= 4 is 11.7 Å². The third-order valence-electron chi connectivity index (χ3n) is 6.38. The first kappa shape index (κ1) is 18.8. The van der Waals surface area contributed by atoms with Crippen molar-refractivity contribution < 1.29 is 9.21 Å². The third kappa shape index (κ3) is 2.89. The third-order valence-corrected chi connectivity index (χ3v) is 6.38. The van der Waals surface area contributed by atoms with Crippen LogP contribution in [0.1, 0.15) is 43.5 Å². The number of anilines is 1. The molecule has 30 heavy (non-hydrogen) atoms. The first-order valence-corrected chi connectivity index (χ1v) is 10.4. The Morgan fingerprint density at radius 2 is 2.07 bits per heavy atom. The highest BCUT2D eigenvalue weighted by atomic mass is 16.4. The number of nitrogens with one attached hydrogen (secondary N) is 1. The molecule has 2 amide bonds. The quantitative estimate of drug-likeness (QED) is 0.710. The van der Waals surface area contributed by atoms with Gasteiger partial charge < -0.3 is 14.6 Å². The Hall–Kier alpha value is -3.16. The van der Waals surface area contributed by atoms with Gasteiger partial charge in [-0.15, -0.1) is 10.2 Å². The molecule has 2 aliphatic rings. The topological polar surface area (TPSA) is 89.1 Å². The molecule has 5 rings (SSSR count). The number of piperidine rings is 1. The van der Waals surface area contributed by atoms with Crippen LogP contribution < -0.4 is 5.32 Å². The molecule has 3 atom stereocenters. The lowest BCUT2D eigenvalue weighted by atomic mass is 9.64. The molecule has 2 bridgehead atoms. The highest BCUT2D eigenvalue weighted by Gasteiger charge is 2.62. The maximum Gasteiger partial charge on any atom is 0.323 e. The van der Waals surface area contributed by atoms with Crippen LogP contribution in [-0.2, 0) is 12.6 Å².